The van der Waals surface area contributed by atoms with Crippen LogP contribution in [-0.2, 0) is 39.2 Å². The summed E-state index contributed by atoms with van der Waals surface area (Å²) in [6.45, 7) is 4.83. The topological polar surface area (TPSA) is 192 Å². The van der Waals surface area contributed by atoms with E-state index in [1.807, 2.05) is 24.6 Å². The third kappa shape index (κ3) is 11.1. The van der Waals surface area contributed by atoms with E-state index in [2.05, 4.69) is 20.6 Å². The first kappa shape index (κ1) is 39.4. The summed E-state index contributed by atoms with van der Waals surface area (Å²) in [5.41, 5.74) is 10.5. The van der Waals surface area contributed by atoms with Crippen LogP contribution in [0.25, 0.3) is 11.0 Å². The molecule has 0 unspecified atom stereocenters. The summed E-state index contributed by atoms with van der Waals surface area (Å²) in [5.74, 6) is 0.452. The number of imidazole rings is 1. The van der Waals surface area contributed by atoms with Gasteiger partial charge in [-0.3, -0.25) is 19.8 Å². The fourth-order valence-electron chi connectivity index (χ4n) is 5.39. The van der Waals surface area contributed by atoms with Gasteiger partial charge < -0.3 is 29.8 Å². The van der Waals surface area contributed by atoms with Gasteiger partial charge in [-0.2, -0.15) is 4.99 Å². The molecule has 0 spiro atoms. The number of nitrogens with zero attached hydrogens (tertiary/aromatic N) is 5. The molecule has 0 fully saturated rings. The molecule has 15 heteroatoms. The number of fused-ring (bicyclic) bond motifs is 1. The number of esters is 1. The third-order valence-electron chi connectivity index (χ3n) is 8.37. The van der Waals surface area contributed by atoms with Gasteiger partial charge in [0.1, 0.15) is 24.1 Å². The number of hydrogen-bond donors (Lipinski definition) is 3. The summed E-state index contributed by atoms with van der Waals surface area (Å²) in [5, 5.41) is 5.98. The van der Waals surface area contributed by atoms with E-state index < -0.39 is 18.2 Å². The van der Waals surface area contributed by atoms with Gasteiger partial charge in [0.05, 0.1) is 37.2 Å². The van der Waals surface area contributed by atoms with Gasteiger partial charge >= 0.3 is 18.2 Å². The standard InChI is InChI=1S/C40H44N8O7/c1-4-6-23-54-39(51)44-31-15-10-27(11-16-31)26-55-40(52)46-37(41)28-12-17-30(18-13-28)43-25-35-45-32-24-29(14-19-33(32)47(35)3)38(50)48(22-20-36(49)53-5-2)34-9-7-8-21-42-34/h7-19,21,24,43H,4-6,20,22-23,25-26H2,1-3H3,(H,44,51)(H2,41,46,52). The Bertz CT molecular complexity index is 2120. The number of carbonyl (C=O) groups is 4. The second kappa shape index (κ2) is 19.3. The lowest BCUT2D eigenvalue weighted by molar-refractivity contribution is -0.142. The van der Waals surface area contributed by atoms with Gasteiger partial charge in [-0.25, -0.2) is 19.6 Å². The van der Waals surface area contributed by atoms with Crippen molar-refractivity contribution in [3.05, 3.63) is 114 Å². The number of carbonyl (C=O) groups excluding carboxylic acids is 4. The first-order valence-corrected chi connectivity index (χ1v) is 17.9. The maximum absolute atomic E-state index is 13.7. The zero-order valence-electron chi connectivity index (χ0n) is 31.0. The Kier molecular flexibility index (Phi) is 13.9. The minimum Gasteiger partial charge on any atom is -0.466 e. The summed E-state index contributed by atoms with van der Waals surface area (Å²) >= 11 is 0. The number of amides is 3. The van der Waals surface area contributed by atoms with E-state index in [9.17, 15) is 19.2 Å². The molecule has 5 rings (SSSR count). The molecule has 2 aromatic heterocycles. The zero-order chi connectivity index (χ0) is 39.2. The van der Waals surface area contributed by atoms with E-state index in [1.165, 1.54) is 4.90 Å². The molecule has 0 aliphatic heterocycles. The predicted molar refractivity (Wildman–Crippen MR) is 209 cm³/mol. The predicted octanol–water partition coefficient (Wildman–Crippen LogP) is 6.57. The summed E-state index contributed by atoms with van der Waals surface area (Å²) in [6.07, 6.45) is 1.99. The number of benzene rings is 3. The van der Waals surface area contributed by atoms with Crippen molar-refractivity contribution in [1.29, 1.82) is 0 Å². The second-order valence-corrected chi connectivity index (χ2v) is 12.3. The van der Waals surface area contributed by atoms with Gasteiger partial charge in [0.2, 0.25) is 0 Å². The Morgan fingerprint density at radius 2 is 1.64 bits per heavy atom. The zero-order valence-corrected chi connectivity index (χ0v) is 31.0. The van der Waals surface area contributed by atoms with Crippen molar-refractivity contribution in [3.63, 3.8) is 0 Å². The molecule has 0 bridgehead atoms. The first-order valence-electron chi connectivity index (χ1n) is 17.9. The Morgan fingerprint density at radius 3 is 2.35 bits per heavy atom. The SMILES string of the molecule is CCCCOC(=O)Nc1ccc(COC(=O)/N=C(\N)c2ccc(NCc3nc4cc(C(=O)N(CCC(=O)OCC)c5ccccn5)ccc4n3C)cc2)cc1. The highest BCUT2D eigenvalue weighted by molar-refractivity contribution is 6.07. The number of anilines is 3. The van der Waals surface area contributed by atoms with E-state index in [0.717, 1.165) is 29.9 Å². The van der Waals surface area contributed by atoms with Gasteiger partial charge in [0.25, 0.3) is 5.91 Å². The number of amidine groups is 1. The average Bonchev–Trinajstić information content (AvgIpc) is 3.51. The molecular formula is C40H44N8O7. The Morgan fingerprint density at radius 1 is 0.891 bits per heavy atom. The molecule has 15 nitrogen and oxygen atoms in total. The van der Waals surface area contributed by atoms with Crippen molar-refractivity contribution in [1.82, 2.24) is 14.5 Å². The lowest BCUT2D eigenvalue weighted by Gasteiger charge is -2.21. The molecule has 3 aromatic carbocycles. The molecule has 4 N–H and O–H groups in total. The molecule has 0 radical (unpaired) electrons. The van der Waals surface area contributed by atoms with Gasteiger partial charge in [-0.15, -0.1) is 0 Å². The first-order chi connectivity index (χ1) is 26.6. The van der Waals surface area contributed by atoms with Crippen molar-refractivity contribution in [2.24, 2.45) is 17.8 Å². The van der Waals surface area contributed by atoms with E-state index in [0.29, 0.717) is 46.9 Å². The highest BCUT2D eigenvalue weighted by Gasteiger charge is 2.21. The molecule has 0 atom stereocenters. The number of rotatable bonds is 16. The number of hydrogen-bond acceptors (Lipinski definition) is 10. The summed E-state index contributed by atoms with van der Waals surface area (Å²) < 4.78 is 17.3. The monoisotopic (exact) mass is 748 g/mol. The molecule has 55 heavy (non-hydrogen) atoms. The van der Waals surface area contributed by atoms with Crippen LogP contribution in [0.1, 0.15) is 60.4 Å². The highest BCUT2D eigenvalue weighted by atomic mass is 16.6. The molecule has 3 amide bonds. The minimum absolute atomic E-state index is 0.000823. The number of pyridine rings is 1. The molecule has 2 heterocycles. The molecule has 5 aromatic rings. The van der Waals surface area contributed by atoms with Crippen LogP contribution in [0.3, 0.4) is 0 Å². The third-order valence-corrected chi connectivity index (χ3v) is 8.37. The minimum atomic E-state index is -0.839. The van der Waals surface area contributed by atoms with Crippen molar-refractivity contribution < 1.29 is 33.4 Å². The summed E-state index contributed by atoms with van der Waals surface area (Å²) in [7, 11) is 1.90. The Hall–Kier alpha value is -6.77. The lowest BCUT2D eigenvalue weighted by atomic mass is 10.1. The van der Waals surface area contributed by atoms with Crippen LogP contribution in [0, 0.1) is 0 Å². The normalized spacial score (nSPS) is 11.1. The van der Waals surface area contributed by atoms with Crippen LogP contribution in [0.4, 0.5) is 26.8 Å². The fourth-order valence-corrected chi connectivity index (χ4v) is 5.39. The van der Waals surface area contributed by atoms with Crippen LogP contribution >= 0.6 is 0 Å². The molecular weight excluding hydrogens is 704 g/mol. The lowest BCUT2D eigenvalue weighted by Crippen LogP contribution is -2.34. The number of aliphatic imine (C=N–C) groups is 1. The number of nitrogens with one attached hydrogen (secondary N) is 2. The molecule has 286 valence electrons. The number of aromatic nitrogens is 3. The number of ether oxygens (including phenoxy) is 3. The van der Waals surface area contributed by atoms with Crippen molar-refractivity contribution in [3.8, 4) is 0 Å². The highest BCUT2D eigenvalue weighted by Crippen LogP contribution is 2.22. The molecule has 0 aliphatic rings. The van der Waals surface area contributed by atoms with Crippen molar-refractivity contribution in [2.45, 2.75) is 46.3 Å². The number of unbranched alkanes of at least 4 members (excludes halogenated alkanes) is 1. The Balaban J connectivity index is 1.15. The molecule has 0 saturated carbocycles. The van der Waals surface area contributed by atoms with Gasteiger partial charge in [-0.05, 0) is 85.6 Å². The average molecular weight is 749 g/mol. The summed E-state index contributed by atoms with van der Waals surface area (Å²) in [4.78, 5) is 64.4. The van der Waals surface area contributed by atoms with Gasteiger partial charge in [0, 0.05) is 42.3 Å². The number of nitrogens with two attached hydrogens (primary N) is 1. The molecule has 0 aliphatic carbocycles. The number of aryl methyl sites for hydroxylation is 1. The Labute approximate surface area is 318 Å². The summed E-state index contributed by atoms with van der Waals surface area (Å²) in [6, 6.07) is 24.4. The van der Waals surface area contributed by atoms with Crippen LogP contribution in [0.15, 0.2) is 96.1 Å². The maximum Gasteiger partial charge on any atom is 0.435 e. The quantitative estimate of drug-likeness (QED) is 0.0325. The van der Waals surface area contributed by atoms with Gasteiger partial charge in [-0.1, -0.05) is 31.5 Å². The van der Waals surface area contributed by atoms with Gasteiger partial charge in [0.15, 0.2) is 0 Å². The van der Waals surface area contributed by atoms with Crippen LogP contribution in [-0.4, -0.2) is 64.2 Å². The van der Waals surface area contributed by atoms with E-state index in [1.54, 1.807) is 92.0 Å². The maximum atomic E-state index is 13.7. The van der Waals surface area contributed by atoms with Crippen molar-refractivity contribution in [2.75, 3.05) is 35.3 Å². The van der Waals surface area contributed by atoms with Crippen molar-refractivity contribution >= 4 is 58.1 Å². The second-order valence-electron chi connectivity index (χ2n) is 12.3. The van der Waals surface area contributed by atoms with E-state index in [-0.39, 0.29) is 37.9 Å². The van der Waals surface area contributed by atoms with Crippen LogP contribution in [0.5, 0.6) is 0 Å². The largest absolute Gasteiger partial charge is 0.466 e. The molecule has 0 saturated heterocycles. The van der Waals surface area contributed by atoms with Crippen LogP contribution < -0.4 is 21.3 Å². The van der Waals surface area contributed by atoms with Crippen LogP contribution in [0.2, 0.25) is 0 Å². The van der Waals surface area contributed by atoms with E-state index >= 15 is 0 Å². The van der Waals surface area contributed by atoms with E-state index in [4.69, 9.17) is 24.9 Å². The fraction of sp³-hybridized carbons (Fsp3) is 0.275. The smallest absolute Gasteiger partial charge is 0.435 e.